The number of nitrogens with one attached hydrogen (secondary N) is 3. The van der Waals surface area contributed by atoms with E-state index in [1.807, 2.05) is 37.3 Å². The molecule has 0 atom stereocenters. The Labute approximate surface area is 170 Å². The van der Waals surface area contributed by atoms with E-state index in [-0.39, 0.29) is 0 Å². The van der Waals surface area contributed by atoms with Crippen molar-refractivity contribution in [3.05, 3.63) is 58.6 Å². The normalized spacial score (nSPS) is 10.7. The largest absolute Gasteiger partial charge is 0.355 e. The summed E-state index contributed by atoms with van der Waals surface area (Å²) in [5, 5.41) is 10.3. The second kappa shape index (κ2) is 11.1. The summed E-state index contributed by atoms with van der Waals surface area (Å²) in [6, 6.07) is 13.3. The Morgan fingerprint density at radius 2 is 1.82 bits per heavy atom. The molecule has 0 aliphatic rings. The quantitative estimate of drug-likeness (QED) is 0.269. The number of nitrogens with zero attached hydrogens (tertiary/aromatic N) is 1. The van der Waals surface area contributed by atoms with Crippen LogP contribution in [0.5, 0.6) is 0 Å². The Hall–Kier alpha value is -2.86. The molecule has 0 aliphatic carbocycles. The number of unbranched alkanes of at least 4 members (excludes halogenated alkanes) is 2. The van der Waals surface area contributed by atoms with Crippen LogP contribution in [0.1, 0.15) is 37.3 Å². The third-order valence-corrected chi connectivity index (χ3v) is 4.22. The van der Waals surface area contributed by atoms with Gasteiger partial charge in [0.1, 0.15) is 0 Å². The minimum atomic E-state index is -0.803. The molecule has 0 saturated heterocycles. The van der Waals surface area contributed by atoms with Crippen LogP contribution in [0.25, 0.3) is 0 Å². The van der Waals surface area contributed by atoms with Crippen molar-refractivity contribution >= 4 is 41.0 Å². The van der Waals surface area contributed by atoms with Gasteiger partial charge in [0.25, 0.3) is 0 Å². The molecule has 3 N–H and O–H groups in total. The third kappa shape index (κ3) is 7.04. The molecule has 2 rings (SSSR count). The van der Waals surface area contributed by atoms with E-state index in [1.165, 1.54) is 11.8 Å². The Kier molecular flexibility index (Phi) is 8.49. The van der Waals surface area contributed by atoms with Gasteiger partial charge in [0, 0.05) is 28.5 Å². The molecule has 0 aromatic heterocycles. The van der Waals surface area contributed by atoms with Crippen LogP contribution in [0.3, 0.4) is 0 Å². The number of hydrogen-bond acceptors (Lipinski definition) is 4. The van der Waals surface area contributed by atoms with Gasteiger partial charge in [-0.25, -0.2) is 5.43 Å². The lowest BCUT2D eigenvalue weighted by Crippen LogP contribution is -2.38. The van der Waals surface area contributed by atoms with Gasteiger partial charge < -0.3 is 10.6 Å². The van der Waals surface area contributed by atoms with Gasteiger partial charge >= 0.3 is 11.8 Å². The molecule has 0 radical (unpaired) electrons. The predicted octanol–water partition coefficient (Wildman–Crippen LogP) is 4.15. The molecular weight excluding hydrogens is 376 g/mol. The average Bonchev–Trinajstić information content (AvgIpc) is 2.68. The molecule has 2 amide bonds. The van der Waals surface area contributed by atoms with Crippen molar-refractivity contribution in [3.63, 3.8) is 0 Å². The van der Waals surface area contributed by atoms with E-state index in [0.717, 1.165) is 30.6 Å². The highest BCUT2D eigenvalue weighted by molar-refractivity contribution is 6.35. The third-order valence-electron chi connectivity index (χ3n) is 3.99. The van der Waals surface area contributed by atoms with Gasteiger partial charge in [-0.15, -0.1) is 0 Å². The van der Waals surface area contributed by atoms with Crippen molar-refractivity contribution in [2.75, 3.05) is 11.9 Å². The molecule has 0 saturated carbocycles. The summed E-state index contributed by atoms with van der Waals surface area (Å²) < 4.78 is 0. The first-order chi connectivity index (χ1) is 13.5. The highest BCUT2D eigenvalue weighted by atomic mass is 35.5. The molecule has 28 heavy (non-hydrogen) atoms. The Morgan fingerprint density at radius 3 is 2.54 bits per heavy atom. The number of carbonyl (C=O) groups is 2. The van der Waals surface area contributed by atoms with E-state index in [4.69, 9.17) is 11.6 Å². The summed E-state index contributed by atoms with van der Waals surface area (Å²) in [6.45, 7) is 4.57. The first kappa shape index (κ1) is 21.4. The maximum Gasteiger partial charge on any atom is 0.329 e. The van der Waals surface area contributed by atoms with Crippen LogP contribution in [-0.2, 0) is 9.59 Å². The zero-order valence-electron chi connectivity index (χ0n) is 16.1. The molecule has 2 aromatic rings. The molecule has 0 spiro atoms. The number of aryl methyl sites for hydroxylation is 1. The van der Waals surface area contributed by atoms with Crippen LogP contribution in [-0.4, -0.2) is 24.6 Å². The second-order valence-corrected chi connectivity index (χ2v) is 6.82. The second-order valence-electron chi connectivity index (χ2n) is 6.38. The van der Waals surface area contributed by atoms with Crippen molar-refractivity contribution in [2.45, 2.75) is 33.1 Å². The molecule has 0 unspecified atom stereocenters. The average molecular weight is 401 g/mol. The molecule has 2 aromatic carbocycles. The Balaban J connectivity index is 1.98. The van der Waals surface area contributed by atoms with Crippen LogP contribution >= 0.6 is 11.6 Å². The molecule has 6 nitrogen and oxygen atoms in total. The van der Waals surface area contributed by atoms with Crippen molar-refractivity contribution in [1.29, 1.82) is 0 Å². The highest BCUT2D eigenvalue weighted by Gasteiger charge is 2.11. The molecule has 0 heterocycles. The monoisotopic (exact) mass is 400 g/mol. The maximum atomic E-state index is 11.8. The van der Waals surface area contributed by atoms with E-state index in [1.54, 1.807) is 12.1 Å². The van der Waals surface area contributed by atoms with E-state index >= 15 is 0 Å². The summed E-state index contributed by atoms with van der Waals surface area (Å²) in [7, 11) is 0. The molecule has 148 valence electrons. The maximum absolute atomic E-state index is 11.8. The fourth-order valence-corrected chi connectivity index (χ4v) is 2.60. The van der Waals surface area contributed by atoms with Gasteiger partial charge in [-0.2, -0.15) is 5.10 Å². The van der Waals surface area contributed by atoms with E-state index in [2.05, 4.69) is 28.1 Å². The number of hydrogen-bond donors (Lipinski definition) is 3. The lowest BCUT2D eigenvalue weighted by molar-refractivity contribution is -0.139. The smallest absolute Gasteiger partial charge is 0.329 e. The van der Waals surface area contributed by atoms with Crippen molar-refractivity contribution in [3.8, 4) is 0 Å². The molecule has 0 fully saturated rings. The molecule has 0 aliphatic heterocycles. The highest BCUT2D eigenvalue weighted by Crippen LogP contribution is 2.23. The lowest BCUT2D eigenvalue weighted by atomic mass is 10.1. The van der Waals surface area contributed by atoms with Gasteiger partial charge in [0.15, 0.2) is 0 Å². The number of rotatable bonds is 8. The summed E-state index contributed by atoms with van der Waals surface area (Å²) in [6.07, 6.45) is 4.34. The van der Waals surface area contributed by atoms with Crippen LogP contribution in [0.4, 0.5) is 11.4 Å². The van der Waals surface area contributed by atoms with E-state index < -0.39 is 11.8 Å². The summed E-state index contributed by atoms with van der Waals surface area (Å²) in [4.78, 5) is 23.5. The van der Waals surface area contributed by atoms with E-state index in [9.17, 15) is 9.59 Å². The molecule has 7 heteroatoms. The molecular formula is C21H25ClN4O2. The summed E-state index contributed by atoms with van der Waals surface area (Å²) in [5.74, 6) is -1.50. The number of amides is 2. The first-order valence-corrected chi connectivity index (χ1v) is 9.62. The summed E-state index contributed by atoms with van der Waals surface area (Å²) >= 11 is 6.07. The number of anilines is 2. The van der Waals surface area contributed by atoms with Crippen molar-refractivity contribution in [2.24, 2.45) is 5.10 Å². The first-order valence-electron chi connectivity index (χ1n) is 9.24. The SMILES string of the molecule is CCCCCNC(=O)C(=O)N/N=C\c1cc(Cl)ccc1Nc1ccc(C)cc1. The number of benzene rings is 2. The predicted molar refractivity (Wildman–Crippen MR) is 114 cm³/mol. The zero-order chi connectivity index (χ0) is 20.4. The fourth-order valence-electron chi connectivity index (χ4n) is 2.42. The van der Waals surface area contributed by atoms with Gasteiger partial charge in [-0.3, -0.25) is 9.59 Å². The lowest BCUT2D eigenvalue weighted by Gasteiger charge is -2.10. The minimum Gasteiger partial charge on any atom is -0.355 e. The van der Waals surface area contributed by atoms with Crippen LogP contribution in [0.2, 0.25) is 5.02 Å². The fraction of sp³-hybridized carbons (Fsp3) is 0.286. The van der Waals surface area contributed by atoms with Crippen LogP contribution in [0, 0.1) is 6.92 Å². The standard InChI is InChI=1S/C21H25ClN4O2/c1-3-4-5-12-23-20(27)21(28)26-24-14-16-13-17(22)8-11-19(16)25-18-9-6-15(2)7-10-18/h6-11,13-14,25H,3-5,12H2,1-2H3,(H,23,27)(H,26,28)/b24-14-. The van der Waals surface area contributed by atoms with Gasteiger partial charge in [0.2, 0.25) is 0 Å². The Bertz CT molecular complexity index is 835. The van der Waals surface area contributed by atoms with Crippen molar-refractivity contribution in [1.82, 2.24) is 10.7 Å². The number of halogens is 1. The Morgan fingerprint density at radius 1 is 1.07 bits per heavy atom. The topological polar surface area (TPSA) is 82.6 Å². The number of carbonyl (C=O) groups excluding carboxylic acids is 2. The zero-order valence-corrected chi connectivity index (χ0v) is 16.8. The minimum absolute atomic E-state index is 0.475. The van der Waals surface area contributed by atoms with E-state index in [0.29, 0.717) is 17.1 Å². The molecule has 0 bridgehead atoms. The summed E-state index contributed by atoms with van der Waals surface area (Å²) in [5.41, 5.74) is 5.77. The van der Waals surface area contributed by atoms with Crippen LogP contribution < -0.4 is 16.1 Å². The number of hydrazone groups is 1. The van der Waals surface area contributed by atoms with Crippen LogP contribution in [0.15, 0.2) is 47.6 Å². The van der Waals surface area contributed by atoms with Gasteiger partial charge in [-0.05, 0) is 43.7 Å². The van der Waals surface area contributed by atoms with Gasteiger partial charge in [0.05, 0.1) is 6.21 Å². The van der Waals surface area contributed by atoms with Gasteiger partial charge in [-0.1, -0.05) is 49.1 Å². The van der Waals surface area contributed by atoms with Crippen molar-refractivity contribution < 1.29 is 9.59 Å².